The van der Waals surface area contributed by atoms with Gasteiger partial charge in [0.1, 0.15) is 0 Å². The third-order valence-electron chi connectivity index (χ3n) is 6.34. The van der Waals surface area contributed by atoms with E-state index < -0.39 is 0 Å². The van der Waals surface area contributed by atoms with Gasteiger partial charge in [0.2, 0.25) is 5.91 Å². The van der Waals surface area contributed by atoms with Gasteiger partial charge < -0.3 is 10.2 Å². The van der Waals surface area contributed by atoms with Crippen molar-refractivity contribution in [2.45, 2.75) is 32.1 Å². The topological polar surface area (TPSA) is 62.3 Å². The maximum Gasteiger partial charge on any atom is 0.253 e. The lowest BCUT2D eigenvalue weighted by molar-refractivity contribution is -0.117. The maximum atomic E-state index is 12.9. The molecular formula is C24H24ClN3O2S. The van der Waals surface area contributed by atoms with Crippen molar-refractivity contribution in [3.63, 3.8) is 0 Å². The highest BCUT2D eigenvalue weighted by atomic mass is 35.5. The quantitative estimate of drug-likeness (QED) is 0.562. The van der Waals surface area contributed by atoms with Crippen LogP contribution in [0.2, 0.25) is 5.02 Å². The van der Waals surface area contributed by atoms with E-state index in [0.717, 1.165) is 53.3 Å². The van der Waals surface area contributed by atoms with Crippen LogP contribution in [-0.4, -0.2) is 34.8 Å². The Morgan fingerprint density at radius 2 is 1.84 bits per heavy atom. The highest BCUT2D eigenvalue weighted by Crippen LogP contribution is 2.38. The zero-order valence-corrected chi connectivity index (χ0v) is 18.9. The number of likely N-dealkylation sites (tertiary alicyclic amines) is 1. The molecule has 1 N–H and O–H groups in total. The maximum absolute atomic E-state index is 12.9. The molecule has 1 saturated carbocycles. The third-order valence-corrected chi connectivity index (χ3v) is 7.78. The van der Waals surface area contributed by atoms with Crippen LogP contribution in [0.25, 0.3) is 10.2 Å². The van der Waals surface area contributed by atoms with Gasteiger partial charge in [0.15, 0.2) is 0 Å². The number of nitrogens with one attached hydrogen (secondary N) is 1. The fourth-order valence-corrected chi connectivity index (χ4v) is 5.51. The summed E-state index contributed by atoms with van der Waals surface area (Å²) in [5.41, 5.74) is 2.36. The van der Waals surface area contributed by atoms with Crippen LogP contribution in [0.3, 0.4) is 0 Å². The monoisotopic (exact) mass is 453 g/mol. The molecule has 0 radical (unpaired) electrons. The summed E-state index contributed by atoms with van der Waals surface area (Å²) in [6, 6.07) is 13.1. The summed E-state index contributed by atoms with van der Waals surface area (Å²) in [5, 5.41) is 4.78. The van der Waals surface area contributed by atoms with Crippen molar-refractivity contribution >= 4 is 50.7 Å². The molecule has 1 aromatic heterocycles. The van der Waals surface area contributed by atoms with Crippen LogP contribution in [0.15, 0.2) is 42.5 Å². The smallest absolute Gasteiger partial charge is 0.253 e. The number of fused-ring (bicyclic) bond motifs is 1. The summed E-state index contributed by atoms with van der Waals surface area (Å²) >= 11 is 7.81. The Kier molecular flexibility index (Phi) is 5.44. The molecule has 2 atom stereocenters. The Hall–Kier alpha value is -2.44. The van der Waals surface area contributed by atoms with Gasteiger partial charge >= 0.3 is 0 Å². The van der Waals surface area contributed by atoms with E-state index in [1.807, 2.05) is 35.2 Å². The van der Waals surface area contributed by atoms with Crippen molar-refractivity contribution in [1.82, 2.24) is 9.88 Å². The van der Waals surface area contributed by atoms with E-state index in [2.05, 4.69) is 12.2 Å². The second-order valence-electron chi connectivity index (χ2n) is 8.62. The Morgan fingerprint density at radius 3 is 2.52 bits per heavy atom. The van der Waals surface area contributed by atoms with Gasteiger partial charge in [-0.15, -0.1) is 11.3 Å². The van der Waals surface area contributed by atoms with E-state index in [9.17, 15) is 9.59 Å². The van der Waals surface area contributed by atoms with E-state index in [1.165, 1.54) is 0 Å². The summed E-state index contributed by atoms with van der Waals surface area (Å²) in [4.78, 5) is 31.7. The number of rotatable bonds is 4. The molecule has 0 spiro atoms. The summed E-state index contributed by atoms with van der Waals surface area (Å²) in [6.07, 6.45) is 2.78. The van der Waals surface area contributed by atoms with Crippen molar-refractivity contribution in [3.05, 3.63) is 58.1 Å². The first kappa shape index (κ1) is 20.5. The van der Waals surface area contributed by atoms with Crippen LogP contribution in [0.5, 0.6) is 0 Å². The van der Waals surface area contributed by atoms with Crippen molar-refractivity contribution < 1.29 is 9.59 Å². The molecule has 31 heavy (non-hydrogen) atoms. The molecule has 160 valence electrons. The number of hydrogen-bond donors (Lipinski definition) is 1. The number of carbonyl (C=O) groups excluding carboxylic acids is 2. The van der Waals surface area contributed by atoms with Crippen LogP contribution in [0.1, 0.15) is 47.5 Å². The number of aromatic nitrogens is 1. The van der Waals surface area contributed by atoms with E-state index >= 15 is 0 Å². The molecule has 1 aliphatic carbocycles. The second-order valence-corrected chi connectivity index (χ2v) is 10.1. The predicted octanol–water partition coefficient (Wildman–Crippen LogP) is 5.56. The van der Waals surface area contributed by atoms with Gasteiger partial charge in [-0.05, 0) is 67.6 Å². The molecule has 5 rings (SSSR count). The second kappa shape index (κ2) is 8.24. The standard InChI is InChI=1S/C24H24ClN3O2S/c1-14-12-19(14)22(29)26-18-5-2-16(3-6-18)24(30)28-10-8-15(9-11-28)23-27-20-13-17(25)4-7-21(20)31-23/h2-7,13-15,19H,8-12H2,1H3,(H,26,29). The molecule has 0 bridgehead atoms. The van der Waals surface area contributed by atoms with Crippen LogP contribution < -0.4 is 5.32 Å². The zero-order chi connectivity index (χ0) is 21.5. The molecule has 2 heterocycles. The number of benzene rings is 2. The molecule has 3 aromatic rings. The van der Waals surface area contributed by atoms with E-state index in [-0.39, 0.29) is 17.7 Å². The number of amides is 2. The van der Waals surface area contributed by atoms with Crippen molar-refractivity contribution in [1.29, 1.82) is 0 Å². The van der Waals surface area contributed by atoms with Gasteiger partial charge in [0.05, 0.1) is 15.2 Å². The van der Waals surface area contributed by atoms with Crippen LogP contribution in [0.4, 0.5) is 5.69 Å². The minimum absolute atomic E-state index is 0.0447. The fraction of sp³-hybridized carbons (Fsp3) is 0.375. The largest absolute Gasteiger partial charge is 0.339 e. The average Bonchev–Trinajstić information content (AvgIpc) is 3.37. The minimum atomic E-state index is 0.0447. The number of carbonyl (C=O) groups is 2. The molecule has 2 aliphatic rings. The Balaban J connectivity index is 1.19. The van der Waals surface area contributed by atoms with Crippen LogP contribution in [-0.2, 0) is 4.79 Å². The SMILES string of the molecule is CC1CC1C(=O)Nc1ccc(C(=O)N2CCC(c3nc4cc(Cl)ccc4s3)CC2)cc1. The molecule has 2 unspecified atom stereocenters. The number of hydrogen-bond acceptors (Lipinski definition) is 4. The van der Waals surface area contributed by atoms with Gasteiger partial charge in [-0.1, -0.05) is 18.5 Å². The van der Waals surface area contributed by atoms with Gasteiger partial charge in [-0.2, -0.15) is 0 Å². The van der Waals surface area contributed by atoms with E-state index in [0.29, 0.717) is 22.4 Å². The van der Waals surface area contributed by atoms with Crippen molar-refractivity contribution in [2.75, 3.05) is 18.4 Å². The van der Waals surface area contributed by atoms with E-state index in [1.54, 1.807) is 23.5 Å². The summed E-state index contributed by atoms with van der Waals surface area (Å²) in [6.45, 7) is 3.53. The first-order valence-corrected chi connectivity index (χ1v) is 11.9. The number of thiazole rings is 1. The van der Waals surface area contributed by atoms with Crippen molar-refractivity contribution in [2.24, 2.45) is 11.8 Å². The predicted molar refractivity (Wildman–Crippen MR) is 125 cm³/mol. The highest BCUT2D eigenvalue weighted by molar-refractivity contribution is 7.18. The minimum Gasteiger partial charge on any atom is -0.339 e. The summed E-state index contributed by atoms with van der Waals surface area (Å²) in [7, 11) is 0. The molecule has 5 nitrogen and oxygen atoms in total. The number of halogens is 1. The van der Waals surface area contributed by atoms with Crippen molar-refractivity contribution in [3.8, 4) is 0 Å². The molecule has 2 aromatic carbocycles. The first-order chi connectivity index (χ1) is 15.0. The van der Waals surface area contributed by atoms with Gasteiger partial charge in [-0.3, -0.25) is 9.59 Å². The molecule has 1 saturated heterocycles. The van der Waals surface area contributed by atoms with Crippen LogP contribution in [0, 0.1) is 11.8 Å². The third kappa shape index (κ3) is 4.32. The number of piperidine rings is 1. The van der Waals surface area contributed by atoms with Crippen LogP contribution >= 0.6 is 22.9 Å². The summed E-state index contributed by atoms with van der Waals surface area (Å²) < 4.78 is 1.15. The molecule has 2 fully saturated rings. The lowest BCUT2D eigenvalue weighted by Crippen LogP contribution is -2.37. The van der Waals surface area contributed by atoms with Gasteiger partial charge in [0.25, 0.3) is 5.91 Å². The lowest BCUT2D eigenvalue weighted by Gasteiger charge is -2.31. The van der Waals surface area contributed by atoms with Gasteiger partial charge in [0, 0.05) is 41.2 Å². The summed E-state index contributed by atoms with van der Waals surface area (Å²) in [5.74, 6) is 1.11. The number of anilines is 1. The Morgan fingerprint density at radius 1 is 1.13 bits per heavy atom. The first-order valence-electron chi connectivity index (χ1n) is 10.7. The fourth-order valence-electron chi connectivity index (χ4n) is 4.22. The Labute approximate surface area is 190 Å². The average molecular weight is 454 g/mol. The lowest BCUT2D eigenvalue weighted by atomic mass is 9.97. The number of nitrogens with zero attached hydrogens (tertiary/aromatic N) is 2. The Bertz CT molecular complexity index is 1140. The zero-order valence-electron chi connectivity index (χ0n) is 17.3. The highest BCUT2D eigenvalue weighted by Gasteiger charge is 2.39. The van der Waals surface area contributed by atoms with E-state index in [4.69, 9.17) is 16.6 Å². The molecule has 2 amide bonds. The molecule has 7 heteroatoms. The van der Waals surface area contributed by atoms with Gasteiger partial charge in [-0.25, -0.2) is 4.98 Å². The normalized spacial score (nSPS) is 21.3. The molecule has 1 aliphatic heterocycles. The molecular weight excluding hydrogens is 430 g/mol.